The van der Waals surface area contributed by atoms with E-state index in [0.29, 0.717) is 19.3 Å². The van der Waals surface area contributed by atoms with Crippen LogP contribution in [0.4, 0.5) is 0 Å². The van der Waals surface area contributed by atoms with E-state index in [1.807, 2.05) is 18.2 Å². The van der Waals surface area contributed by atoms with Crippen LogP contribution < -0.4 is 0 Å². The zero-order valence-electron chi connectivity index (χ0n) is 37.1. The van der Waals surface area contributed by atoms with E-state index in [2.05, 4.69) is 75.5 Å². The van der Waals surface area contributed by atoms with Crippen molar-refractivity contribution < 1.29 is 28.6 Å². The Labute approximate surface area is 351 Å². The van der Waals surface area contributed by atoms with Gasteiger partial charge in [0.2, 0.25) is 0 Å². The van der Waals surface area contributed by atoms with E-state index < -0.39 is 6.10 Å². The zero-order chi connectivity index (χ0) is 41.5. The van der Waals surface area contributed by atoms with E-state index in [-0.39, 0.29) is 31.1 Å². The molecule has 0 amide bonds. The molecular weight excluding hydrogens is 709 g/mol. The van der Waals surface area contributed by atoms with Crippen molar-refractivity contribution in [3.05, 3.63) is 72.9 Å². The number of rotatable bonds is 41. The number of hydrogen-bond acceptors (Lipinski definition) is 6. The highest BCUT2D eigenvalue weighted by Gasteiger charge is 2.19. The van der Waals surface area contributed by atoms with E-state index in [9.17, 15) is 14.4 Å². The lowest BCUT2D eigenvalue weighted by molar-refractivity contribution is -0.167. The fraction of sp³-hybridized carbons (Fsp3) is 0.706. The number of carbonyl (C=O) groups is 3. The van der Waals surface area contributed by atoms with E-state index in [1.165, 1.54) is 77.0 Å². The topological polar surface area (TPSA) is 78.9 Å². The molecular formula is C51H86O6. The Balaban J connectivity index is 4.43. The molecule has 0 aromatic carbocycles. The first kappa shape index (κ1) is 53.9. The number of unbranched alkanes of at least 4 members (excludes halogenated alkanes) is 22. The predicted molar refractivity (Wildman–Crippen MR) is 242 cm³/mol. The van der Waals surface area contributed by atoms with Crippen LogP contribution in [0.2, 0.25) is 0 Å². The van der Waals surface area contributed by atoms with Crippen molar-refractivity contribution in [2.24, 2.45) is 0 Å². The fourth-order valence-electron chi connectivity index (χ4n) is 6.27. The van der Waals surface area contributed by atoms with Crippen molar-refractivity contribution in [1.29, 1.82) is 0 Å². The third-order valence-electron chi connectivity index (χ3n) is 9.82. The third kappa shape index (κ3) is 43.8. The number of allylic oxidation sites excluding steroid dienone is 12. The lowest BCUT2D eigenvalue weighted by Gasteiger charge is -2.18. The monoisotopic (exact) mass is 795 g/mol. The second-order valence-corrected chi connectivity index (χ2v) is 15.4. The van der Waals surface area contributed by atoms with Crippen LogP contribution in [0.15, 0.2) is 72.9 Å². The second kappa shape index (κ2) is 45.6. The molecule has 0 spiro atoms. The summed E-state index contributed by atoms with van der Waals surface area (Å²) in [6.45, 7) is 6.41. The maximum absolute atomic E-state index is 12.7. The van der Waals surface area contributed by atoms with Crippen molar-refractivity contribution in [2.45, 2.75) is 219 Å². The van der Waals surface area contributed by atoms with E-state index >= 15 is 0 Å². The molecule has 0 fully saturated rings. The standard InChI is InChI=1S/C51H86O6/c1-4-7-10-13-16-19-21-23-25-27-29-32-35-38-41-44-50(53)56-47-48(46-55-49(52)43-40-37-34-31-18-15-12-9-6-3)57-51(54)45-42-39-36-33-30-28-26-24-22-20-17-14-11-8-5-2/h7,10,13,16-17,19-25,48H,4-6,8-9,11-12,14-15,18,26-47H2,1-3H3/b10-7-,16-13-,20-17-,21-19-,24-22-,25-23-. The van der Waals surface area contributed by atoms with Crippen LogP contribution in [-0.4, -0.2) is 37.2 Å². The molecule has 57 heavy (non-hydrogen) atoms. The summed E-state index contributed by atoms with van der Waals surface area (Å²) in [6.07, 6.45) is 55.9. The molecule has 0 aliphatic carbocycles. The molecule has 326 valence electrons. The molecule has 0 rings (SSSR count). The van der Waals surface area contributed by atoms with E-state index in [1.54, 1.807) is 0 Å². The fourth-order valence-corrected chi connectivity index (χ4v) is 6.27. The van der Waals surface area contributed by atoms with Gasteiger partial charge in [-0.15, -0.1) is 0 Å². The van der Waals surface area contributed by atoms with Gasteiger partial charge in [0.1, 0.15) is 13.2 Å². The molecule has 0 saturated heterocycles. The maximum atomic E-state index is 12.7. The summed E-state index contributed by atoms with van der Waals surface area (Å²) in [4.78, 5) is 37.8. The number of hydrogen-bond donors (Lipinski definition) is 0. The van der Waals surface area contributed by atoms with Gasteiger partial charge >= 0.3 is 17.9 Å². The maximum Gasteiger partial charge on any atom is 0.306 e. The summed E-state index contributed by atoms with van der Waals surface area (Å²) in [6, 6.07) is 0. The Morgan fingerprint density at radius 2 is 0.684 bits per heavy atom. The van der Waals surface area contributed by atoms with Gasteiger partial charge in [0.05, 0.1) is 0 Å². The van der Waals surface area contributed by atoms with Crippen LogP contribution in [0.25, 0.3) is 0 Å². The first-order valence-corrected chi connectivity index (χ1v) is 23.5. The molecule has 0 radical (unpaired) electrons. The molecule has 0 aliphatic rings. The van der Waals surface area contributed by atoms with Gasteiger partial charge < -0.3 is 14.2 Å². The Kier molecular flexibility index (Phi) is 43.0. The average molecular weight is 795 g/mol. The molecule has 0 aliphatic heterocycles. The molecule has 0 bridgehead atoms. The van der Waals surface area contributed by atoms with Crippen LogP contribution >= 0.6 is 0 Å². The summed E-state index contributed by atoms with van der Waals surface area (Å²) in [7, 11) is 0. The van der Waals surface area contributed by atoms with Crippen LogP contribution in [-0.2, 0) is 28.6 Å². The second-order valence-electron chi connectivity index (χ2n) is 15.4. The highest BCUT2D eigenvalue weighted by Crippen LogP contribution is 2.14. The SMILES string of the molecule is CC\C=C/C=C\C=C/C=C\CCCCCCCC(=O)OCC(COC(=O)CCCCCCCCCCC)OC(=O)CCCCCCCC/C=C\C=C/CCCCC. The number of carbonyl (C=O) groups excluding carboxylic acids is 3. The Bertz CT molecular complexity index is 1100. The normalized spacial score (nSPS) is 12.7. The van der Waals surface area contributed by atoms with Crippen LogP contribution in [0.3, 0.4) is 0 Å². The Hall–Kier alpha value is -3.15. The van der Waals surface area contributed by atoms with Crippen molar-refractivity contribution in [2.75, 3.05) is 13.2 Å². The summed E-state index contributed by atoms with van der Waals surface area (Å²) in [5, 5.41) is 0. The average Bonchev–Trinajstić information content (AvgIpc) is 3.21. The summed E-state index contributed by atoms with van der Waals surface area (Å²) in [5.41, 5.74) is 0. The molecule has 0 aromatic heterocycles. The number of esters is 3. The predicted octanol–water partition coefficient (Wildman–Crippen LogP) is 15.1. The van der Waals surface area contributed by atoms with Gasteiger partial charge in [-0.3, -0.25) is 14.4 Å². The molecule has 6 nitrogen and oxygen atoms in total. The Morgan fingerprint density at radius 3 is 1.12 bits per heavy atom. The third-order valence-corrected chi connectivity index (χ3v) is 9.82. The largest absolute Gasteiger partial charge is 0.462 e. The van der Waals surface area contributed by atoms with Gasteiger partial charge in [-0.25, -0.2) is 0 Å². The summed E-state index contributed by atoms with van der Waals surface area (Å²) in [5.74, 6) is -0.930. The molecule has 0 heterocycles. The van der Waals surface area contributed by atoms with Gasteiger partial charge in [0.25, 0.3) is 0 Å². The van der Waals surface area contributed by atoms with Crippen molar-refractivity contribution in [1.82, 2.24) is 0 Å². The minimum absolute atomic E-state index is 0.0877. The van der Waals surface area contributed by atoms with E-state index in [0.717, 1.165) is 96.3 Å². The van der Waals surface area contributed by atoms with Crippen molar-refractivity contribution >= 4 is 17.9 Å². The molecule has 0 saturated carbocycles. The lowest BCUT2D eigenvalue weighted by Crippen LogP contribution is -2.30. The van der Waals surface area contributed by atoms with Crippen LogP contribution in [0.5, 0.6) is 0 Å². The molecule has 1 atom stereocenters. The highest BCUT2D eigenvalue weighted by molar-refractivity contribution is 5.71. The van der Waals surface area contributed by atoms with E-state index in [4.69, 9.17) is 14.2 Å². The van der Waals surface area contributed by atoms with Gasteiger partial charge in [-0.2, -0.15) is 0 Å². The summed E-state index contributed by atoms with van der Waals surface area (Å²) >= 11 is 0. The first-order chi connectivity index (χ1) is 28.0. The zero-order valence-corrected chi connectivity index (χ0v) is 37.1. The van der Waals surface area contributed by atoms with Gasteiger partial charge in [-0.05, 0) is 64.2 Å². The lowest BCUT2D eigenvalue weighted by atomic mass is 10.1. The van der Waals surface area contributed by atoms with Gasteiger partial charge in [0, 0.05) is 19.3 Å². The molecule has 1 unspecified atom stereocenters. The van der Waals surface area contributed by atoms with Crippen LogP contribution in [0.1, 0.15) is 213 Å². The smallest absolute Gasteiger partial charge is 0.306 e. The quantitative estimate of drug-likeness (QED) is 0.0265. The Morgan fingerprint density at radius 1 is 0.368 bits per heavy atom. The van der Waals surface area contributed by atoms with Crippen molar-refractivity contribution in [3.63, 3.8) is 0 Å². The molecule has 0 N–H and O–H groups in total. The molecule has 0 aromatic rings. The minimum atomic E-state index is -0.787. The number of ether oxygens (including phenoxy) is 3. The minimum Gasteiger partial charge on any atom is -0.462 e. The van der Waals surface area contributed by atoms with Crippen molar-refractivity contribution in [3.8, 4) is 0 Å². The first-order valence-electron chi connectivity index (χ1n) is 23.5. The van der Waals surface area contributed by atoms with Gasteiger partial charge in [0.15, 0.2) is 6.10 Å². The van der Waals surface area contributed by atoms with Gasteiger partial charge in [-0.1, -0.05) is 203 Å². The summed E-state index contributed by atoms with van der Waals surface area (Å²) < 4.78 is 16.7. The highest BCUT2D eigenvalue weighted by atomic mass is 16.6. The molecule has 6 heteroatoms. The van der Waals surface area contributed by atoms with Crippen LogP contribution in [0, 0.1) is 0 Å².